The number of ether oxygens (including phenoxy) is 1. The van der Waals surface area contributed by atoms with E-state index in [0.29, 0.717) is 19.7 Å². The molecule has 6 heteroatoms. The zero-order valence-electron chi connectivity index (χ0n) is 14.2. The highest BCUT2D eigenvalue weighted by Crippen LogP contribution is 2.11. The van der Waals surface area contributed by atoms with E-state index in [-0.39, 0.29) is 24.0 Å². The van der Waals surface area contributed by atoms with Gasteiger partial charge in [-0.25, -0.2) is 4.99 Å². The molecule has 0 unspecified atom stereocenters. The number of halogens is 1. The summed E-state index contributed by atoms with van der Waals surface area (Å²) in [7, 11) is 0. The molecule has 0 aliphatic carbocycles. The molecule has 0 atom stereocenters. The normalized spacial score (nSPS) is 10.7. The third-order valence-electron chi connectivity index (χ3n) is 3.12. The highest BCUT2D eigenvalue weighted by Gasteiger charge is 1.99. The molecule has 1 heterocycles. The quantitative estimate of drug-likeness (QED) is 0.301. The van der Waals surface area contributed by atoms with Crippen LogP contribution in [0.15, 0.2) is 53.7 Å². The van der Waals surface area contributed by atoms with Crippen molar-refractivity contribution in [3.05, 3.63) is 59.9 Å². The first kappa shape index (κ1) is 20.2. The third kappa shape index (κ3) is 7.63. The van der Waals surface area contributed by atoms with Gasteiger partial charge in [-0.05, 0) is 43.7 Å². The lowest BCUT2D eigenvalue weighted by atomic mass is 10.2. The van der Waals surface area contributed by atoms with Crippen molar-refractivity contribution in [2.24, 2.45) is 4.99 Å². The molecule has 2 rings (SSSR count). The number of hydrogen-bond donors (Lipinski definition) is 2. The summed E-state index contributed by atoms with van der Waals surface area (Å²) in [5.41, 5.74) is 2.14. The van der Waals surface area contributed by atoms with Crippen molar-refractivity contribution >= 4 is 29.9 Å². The van der Waals surface area contributed by atoms with Gasteiger partial charge in [-0.2, -0.15) is 0 Å². The molecule has 5 nitrogen and oxygen atoms in total. The lowest BCUT2D eigenvalue weighted by Gasteiger charge is -2.12. The predicted octanol–water partition coefficient (Wildman–Crippen LogP) is 3.14. The van der Waals surface area contributed by atoms with Crippen LogP contribution >= 0.6 is 24.0 Å². The largest absolute Gasteiger partial charge is 0.492 e. The van der Waals surface area contributed by atoms with Gasteiger partial charge in [-0.1, -0.05) is 18.2 Å². The topological polar surface area (TPSA) is 58.5 Å². The highest BCUT2D eigenvalue weighted by molar-refractivity contribution is 14.0. The molecule has 0 aliphatic heterocycles. The summed E-state index contributed by atoms with van der Waals surface area (Å²) in [5, 5.41) is 6.48. The Bertz CT molecular complexity index is 619. The van der Waals surface area contributed by atoms with Crippen LogP contribution < -0.4 is 15.4 Å². The van der Waals surface area contributed by atoms with E-state index in [9.17, 15) is 0 Å². The van der Waals surface area contributed by atoms with Crippen LogP contribution in [0.1, 0.15) is 18.2 Å². The van der Waals surface area contributed by atoms with Crippen LogP contribution in [-0.4, -0.2) is 30.6 Å². The van der Waals surface area contributed by atoms with Crippen molar-refractivity contribution < 1.29 is 4.74 Å². The van der Waals surface area contributed by atoms with E-state index in [0.717, 1.165) is 23.9 Å². The first-order valence-electron chi connectivity index (χ1n) is 7.89. The van der Waals surface area contributed by atoms with E-state index >= 15 is 0 Å². The summed E-state index contributed by atoms with van der Waals surface area (Å²) in [6.07, 6.45) is 1.78. The Morgan fingerprint density at radius 3 is 2.75 bits per heavy atom. The number of guanidine groups is 1. The minimum Gasteiger partial charge on any atom is -0.492 e. The fourth-order valence-electron chi connectivity index (χ4n) is 2.04. The number of aromatic nitrogens is 1. The number of aliphatic imine (C=N–C) groups is 1. The fourth-order valence-corrected chi connectivity index (χ4v) is 2.04. The van der Waals surface area contributed by atoms with Gasteiger partial charge in [0.2, 0.25) is 0 Å². The number of hydrogen-bond acceptors (Lipinski definition) is 3. The van der Waals surface area contributed by atoms with Crippen molar-refractivity contribution in [1.82, 2.24) is 15.6 Å². The maximum absolute atomic E-state index is 5.72. The molecule has 0 amide bonds. The molecule has 0 spiro atoms. The fraction of sp³-hybridized carbons (Fsp3) is 0.333. The van der Waals surface area contributed by atoms with E-state index in [1.165, 1.54) is 5.56 Å². The van der Waals surface area contributed by atoms with E-state index in [1.807, 2.05) is 43.3 Å². The average Bonchev–Trinajstić information content (AvgIpc) is 2.57. The lowest BCUT2D eigenvalue weighted by Crippen LogP contribution is -2.39. The van der Waals surface area contributed by atoms with Gasteiger partial charge in [-0.3, -0.25) is 4.98 Å². The summed E-state index contributed by atoms with van der Waals surface area (Å²) < 4.78 is 5.72. The molecule has 0 saturated heterocycles. The van der Waals surface area contributed by atoms with Crippen LogP contribution in [0.5, 0.6) is 5.75 Å². The summed E-state index contributed by atoms with van der Waals surface area (Å²) in [6.45, 7) is 6.72. The minimum absolute atomic E-state index is 0. The molecule has 24 heavy (non-hydrogen) atoms. The molecule has 0 fully saturated rings. The van der Waals surface area contributed by atoms with Crippen molar-refractivity contribution in [2.75, 3.05) is 19.7 Å². The van der Waals surface area contributed by atoms with E-state index in [2.05, 4.69) is 33.6 Å². The van der Waals surface area contributed by atoms with Crippen LogP contribution in [0.4, 0.5) is 0 Å². The Kier molecular flexibility index (Phi) is 9.83. The van der Waals surface area contributed by atoms with Gasteiger partial charge < -0.3 is 15.4 Å². The van der Waals surface area contributed by atoms with E-state index in [4.69, 9.17) is 4.74 Å². The number of nitrogens with one attached hydrogen (secondary N) is 2. The number of aryl methyl sites for hydroxylation is 1. The zero-order valence-corrected chi connectivity index (χ0v) is 16.5. The highest BCUT2D eigenvalue weighted by atomic mass is 127. The third-order valence-corrected chi connectivity index (χ3v) is 3.12. The summed E-state index contributed by atoms with van der Waals surface area (Å²) in [6, 6.07) is 13.9. The van der Waals surface area contributed by atoms with Crippen molar-refractivity contribution in [3.63, 3.8) is 0 Å². The molecule has 1 aromatic heterocycles. The molecular formula is C18H25IN4O. The van der Waals surface area contributed by atoms with Crippen LogP contribution in [0.2, 0.25) is 0 Å². The van der Waals surface area contributed by atoms with Crippen LogP contribution in [0.25, 0.3) is 0 Å². The maximum atomic E-state index is 5.72. The zero-order chi connectivity index (χ0) is 16.3. The second-order valence-electron chi connectivity index (χ2n) is 5.11. The number of rotatable bonds is 7. The van der Waals surface area contributed by atoms with Crippen LogP contribution in [-0.2, 0) is 6.54 Å². The van der Waals surface area contributed by atoms with Crippen molar-refractivity contribution in [1.29, 1.82) is 0 Å². The molecule has 0 aliphatic rings. The van der Waals surface area contributed by atoms with Crippen molar-refractivity contribution in [2.45, 2.75) is 20.4 Å². The maximum Gasteiger partial charge on any atom is 0.191 e. The van der Waals surface area contributed by atoms with Gasteiger partial charge in [0, 0.05) is 12.7 Å². The first-order chi connectivity index (χ1) is 11.3. The monoisotopic (exact) mass is 440 g/mol. The number of benzene rings is 1. The van der Waals surface area contributed by atoms with Crippen LogP contribution in [0.3, 0.4) is 0 Å². The van der Waals surface area contributed by atoms with Crippen LogP contribution in [0, 0.1) is 6.92 Å². The molecule has 0 radical (unpaired) electrons. The summed E-state index contributed by atoms with van der Waals surface area (Å²) >= 11 is 0. The van der Waals surface area contributed by atoms with Gasteiger partial charge in [0.25, 0.3) is 0 Å². The lowest BCUT2D eigenvalue weighted by molar-refractivity contribution is 0.321. The molecule has 1 aromatic carbocycles. The molecule has 0 saturated carbocycles. The molecule has 130 valence electrons. The standard InChI is InChI=1S/C18H24N4O.HI/c1-3-19-18(22-14-16-8-4-5-10-20-16)21-11-12-23-17-9-6-7-15(2)13-17;/h4-10,13H,3,11-12,14H2,1-2H3,(H2,19,21,22);1H. The molecular weight excluding hydrogens is 415 g/mol. The first-order valence-corrected chi connectivity index (χ1v) is 7.89. The van der Waals surface area contributed by atoms with Gasteiger partial charge in [0.1, 0.15) is 12.4 Å². The molecule has 2 N–H and O–H groups in total. The van der Waals surface area contributed by atoms with Gasteiger partial charge >= 0.3 is 0 Å². The molecule has 0 bridgehead atoms. The van der Waals surface area contributed by atoms with Gasteiger partial charge in [0.05, 0.1) is 18.8 Å². The number of nitrogens with zero attached hydrogens (tertiary/aromatic N) is 2. The second kappa shape index (κ2) is 11.7. The Hall–Kier alpha value is -1.83. The SMILES string of the molecule is CCNC(=NCc1ccccn1)NCCOc1cccc(C)c1.I. The van der Waals surface area contributed by atoms with E-state index in [1.54, 1.807) is 6.20 Å². The number of pyridine rings is 1. The Labute approximate surface area is 161 Å². The van der Waals surface area contributed by atoms with Crippen molar-refractivity contribution in [3.8, 4) is 5.75 Å². The molecule has 2 aromatic rings. The second-order valence-corrected chi connectivity index (χ2v) is 5.11. The van der Waals surface area contributed by atoms with E-state index < -0.39 is 0 Å². The minimum atomic E-state index is 0. The van der Waals surface area contributed by atoms with Gasteiger partial charge in [-0.15, -0.1) is 24.0 Å². The summed E-state index contributed by atoms with van der Waals surface area (Å²) in [5.74, 6) is 1.66. The average molecular weight is 440 g/mol. The van der Waals surface area contributed by atoms with Gasteiger partial charge in [0.15, 0.2) is 5.96 Å². The Balaban J connectivity index is 0.00000288. The Morgan fingerprint density at radius 1 is 1.17 bits per heavy atom. The summed E-state index contributed by atoms with van der Waals surface area (Å²) in [4.78, 5) is 8.79. The Morgan fingerprint density at radius 2 is 2.04 bits per heavy atom. The predicted molar refractivity (Wildman–Crippen MR) is 109 cm³/mol. The smallest absolute Gasteiger partial charge is 0.191 e.